The fourth-order valence-electron chi connectivity index (χ4n) is 2.31. The monoisotopic (exact) mass is 273 g/mol. The molecule has 0 radical (unpaired) electrons. The molecule has 0 spiro atoms. The van der Waals surface area contributed by atoms with Crippen molar-refractivity contribution in [1.82, 2.24) is 0 Å². The zero-order valence-electron chi connectivity index (χ0n) is 11.8. The van der Waals surface area contributed by atoms with Gasteiger partial charge in [-0.1, -0.05) is 25.5 Å². The van der Waals surface area contributed by atoms with Crippen LogP contribution in [-0.2, 0) is 6.42 Å². The third-order valence-electron chi connectivity index (χ3n) is 3.42. The van der Waals surface area contributed by atoms with E-state index in [9.17, 15) is 14.7 Å². The summed E-state index contributed by atoms with van der Waals surface area (Å²) in [7, 11) is 0. The summed E-state index contributed by atoms with van der Waals surface area (Å²) in [6.07, 6.45) is 3.21. The molecular formula is C16H19NO3. The topological polar surface area (TPSA) is 66.4 Å². The van der Waals surface area contributed by atoms with Crippen molar-refractivity contribution >= 4 is 5.69 Å². The van der Waals surface area contributed by atoms with Gasteiger partial charge >= 0.3 is 0 Å². The maximum absolute atomic E-state index is 11.6. The average Bonchev–Trinajstić information content (AvgIpc) is 2.47. The zero-order valence-corrected chi connectivity index (χ0v) is 11.8. The molecule has 20 heavy (non-hydrogen) atoms. The van der Waals surface area contributed by atoms with Crippen LogP contribution in [0.5, 0.6) is 5.75 Å². The lowest BCUT2D eigenvalue weighted by molar-refractivity contribution is 0.465. The highest BCUT2D eigenvalue weighted by atomic mass is 16.3. The summed E-state index contributed by atoms with van der Waals surface area (Å²) >= 11 is 0. The van der Waals surface area contributed by atoms with Gasteiger partial charge in [-0.2, -0.15) is 0 Å². The molecule has 0 aliphatic rings. The number of anilines is 1. The van der Waals surface area contributed by atoms with Crippen LogP contribution in [-0.4, -0.2) is 11.7 Å². The van der Waals surface area contributed by atoms with Gasteiger partial charge < -0.3 is 10.4 Å². The molecule has 4 heteroatoms. The maximum Gasteiger partial charge on any atom is 0.268 e. The number of rotatable bonds is 6. The molecule has 0 aromatic heterocycles. The van der Waals surface area contributed by atoms with Gasteiger partial charge in [0.25, 0.3) is 5.43 Å². The smallest absolute Gasteiger partial charge is 0.268 e. The Morgan fingerprint density at radius 2 is 1.90 bits per heavy atom. The highest BCUT2D eigenvalue weighted by molar-refractivity contribution is 5.83. The van der Waals surface area contributed by atoms with Crippen molar-refractivity contribution in [3.63, 3.8) is 0 Å². The van der Waals surface area contributed by atoms with Crippen LogP contribution in [0.1, 0.15) is 32.3 Å². The first-order chi connectivity index (χ1) is 9.60. The van der Waals surface area contributed by atoms with Crippen molar-refractivity contribution in [3.8, 4) is 16.9 Å². The molecule has 0 unspecified atom stereocenters. The fraction of sp³-hybridized carbons (Fsp3) is 0.375. The van der Waals surface area contributed by atoms with Gasteiger partial charge in [0.1, 0.15) is 0 Å². The number of benzene rings is 1. The van der Waals surface area contributed by atoms with E-state index in [-0.39, 0.29) is 5.56 Å². The van der Waals surface area contributed by atoms with Crippen molar-refractivity contribution in [2.24, 2.45) is 0 Å². The molecule has 0 atom stereocenters. The maximum atomic E-state index is 11.6. The van der Waals surface area contributed by atoms with Crippen molar-refractivity contribution in [2.75, 3.05) is 11.9 Å². The van der Waals surface area contributed by atoms with Gasteiger partial charge in [-0.3, -0.25) is 9.59 Å². The van der Waals surface area contributed by atoms with Crippen molar-refractivity contribution in [3.05, 3.63) is 44.2 Å². The van der Waals surface area contributed by atoms with E-state index in [2.05, 4.69) is 12.2 Å². The highest BCUT2D eigenvalue weighted by Gasteiger charge is 2.23. The number of aromatic hydroxyl groups is 1. The minimum Gasteiger partial charge on any atom is -0.503 e. The van der Waals surface area contributed by atoms with Crippen LogP contribution in [0.25, 0.3) is 11.1 Å². The Morgan fingerprint density at radius 1 is 1.15 bits per heavy atom. The molecule has 0 saturated carbocycles. The van der Waals surface area contributed by atoms with Gasteiger partial charge in [0.15, 0.2) is 5.75 Å². The van der Waals surface area contributed by atoms with E-state index in [1.807, 2.05) is 19.1 Å². The van der Waals surface area contributed by atoms with Crippen LogP contribution in [0.15, 0.2) is 27.8 Å². The molecule has 0 aliphatic carbocycles. The zero-order chi connectivity index (χ0) is 14.7. The molecule has 0 aliphatic heterocycles. The molecule has 0 bridgehead atoms. The number of hydrogen-bond donors (Lipinski definition) is 2. The summed E-state index contributed by atoms with van der Waals surface area (Å²) in [6.45, 7) is 4.81. The van der Waals surface area contributed by atoms with E-state index in [1.54, 1.807) is 6.07 Å². The summed E-state index contributed by atoms with van der Waals surface area (Å²) in [5, 5.41) is 12.8. The first-order valence-corrected chi connectivity index (χ1v) is 6.99. The Bertz CT molecular complexity index is 681. The summed E-state index contributed by atoms with van der Waals surface area (Å²) in [4.78, 5) is 22.7. The van der Waals surface area contributed by atoms with E-state index in [4.69, 9.17) is 0 Å². The van der Waals surface area contributed by atoms with Crippen LogP contribution in [0.3, 0.4) is 0 Å². The summed E-state index contributed by atoms with van der Waals surface area (Å²) in [5.41, 5.74) is 1.32. The SMILES string of the molecule is CCCCc1ccc(-c2c(O)c(=O)c2=O)c(NCC)c1. The van der Waals surface area contributed by atoms with E-state index >= 15 is 0 Å². The van der Waals surface area contributed by atoms with Crippen molar-refractivity contribution in [1.29, 1.82) is 0 Å². The summed E-state index contributed by atoms with van der Waals surface area (Å²) in [6, 6.07) is 5.74. The lowest BCUT2D eigenvalue weighted by Gasteiger charge is -2.14. The lowest BCUT2D eigenvalue weighted by atomic mass is 9.95. The normalized spacial score (nSPS) is 10.9. The van der Waals surface area contributed by atoms with E-state index in [0.29, 0.717) is 12.1 Å². The Balaban J connectivity index is 2.43. The Morgan fingerprint density at radius 3 is 2.50 bits per heavy atom. The van der Waals surface area contributed by atoms with Gasteiger partial charge in [0.2, 0.25) is 5.43 Å². The molecule has 0 fully saturated rings. The third kappa shape index (κ3) is 2.46. The summed E-state index contributed by atoms with van der Waals surface area (Å²) < 4.78 is 0. The third-order valence-corrected chi connectivity index (χ3v) is 3.42. The molecule has 0 amide bonds. The van der Waals surface area contributed by atoms with E-state index < -0.39 is 16.6 Å². The lowest BCUT2D eigenvalue weighted by Crippen LogP contribution is -2.32. The molecule has 4 nitrogen and oxygen atoms in total. The molecule has 2 N–H and O–H groups in total. The Kier molecular flexibility index (Phi) is 4.23. The van der Waals surface area contributed by atoms with Crippen LogP contribution in [0, 0.1) is 0 Å². The standard InChI is InChI=1S/C16H19NO3/c1-3-5-6-10-7-8-11(12(9-10)17-4-2)13-14(18)16(20)15(13)19/h7-9,17-18H,3-6H2,1-2H3. The molecule has 2 aromatic rings. The second kappa shape index (κ2) is 5.90. The quantitative estimate of drug-likeness (QED) is 0.793. The number of nitrogens with one attached hydrogen (secondary N) is 1. The largest absolute Gasteiger partial charge is 0.503 e. The number of hydrogen-bond acceptors (Lipinski definition) is 4. The minimum atomic E-state index is -0.794. The number of unbranched alkanes of at least 4 members (excludes halogenated alkanes) is 1. The second-order valence-electron chi connectivity index (χ2n) is 4.90. The van der Waals surface area contributed by atoms with Crippen LogP contribution >= 0.6 is 0 Å². The number of aryl methyl sites for hydroxylation is 1. The molecule has 2 aromatic carbocycles. The van der Waals surface area contributed by atoms with Gasteiger partial charge in [-0.25, -0.2) is 0 Å². The predicted molar refractivity (Wildman–Crippen MR) is 81.2 cm³/mol. The Hall–Kier alpha value is -2.10. The van der Waals surface area contributed by atoms with Gasteiger partial charge in [-0.15, -0.1) is 0 Å². The Labute approximate surface area is 117 Å². The van der Waals surface area contributed by atoms with E-state index in [1.165, 1.54) is 5.56 Å². The molecule has 2 rings (SSSR count). The van der Waals surface area contributed by atoms with Crippen LogP contribution in [0.4, 0.5) is 5.69 Å². The molecule has 106 valence electrons. The van der Waals surface area contributed by atoms with Crippen LogP contribution in [0.2, 0.25) is 0 Å². The molecule has 0 saturated heterocycles. The minimum absolute atomic E-state index is 0.132. The first kappa shape index (κ1) is 14.3. The van der Waals surface area contributed by atoms with Gasteiger partial charge in [0, 0.05) is 17.8 Å². The summed E-state index contributed by atoms with van der Waals surface area (Å²) in [5.74, 6) is -0.421. The molecule has 0 heterocycles. The van der Waals surface area contributed by atoms with Gasteiger partial charge in [0.05, 0.1) is 5.56 Å². The predicted octanol–water partition coefficient (Wildman–Crippen LogP) is 2.43. The highest BCUT2D eigenvalue weighted by Crippen LogP contribution is 2.32. The molecular weight excluding hydrogens is 254 g/mol. The first-order valence-electron chi connectivity index (χ1n) is 6.99. The fourth-order valence-corrected chi connectivity index (χ4v) is 2.31. The van der Waals surface area contributed by atoms with Crippen LogP contribution < -0.4 is 16.2 Å². The second-order valence-corrected chi connectivity index (χ2v) is 4.90. The van der Waals surface area contributed by atoms with Crippen molar-refractivity contribution in [2.45, 2.75) is 33.1 Å². The van der Waals surface area contributed by atoms with E-state index in [0.717, 1.165) is 24.9 Å². The van der Waals surface area contributed by atoms with Crippen molar-refractivity contribution < 1.29 is 5.11 Å². The average molecular weight is 273 g/mol. The van der Waals surface area contributed by atoms with Gasteiger partial charge in [-0.05, 0) is 31.4 Å².